The van der Waals surface area contributed by atoms with Gasteiger partial charge in [-0.1, -0.05) is 13.0 Å². The first kappa shape index (κ1) is 16.5. The van der Waals surface area contributed by atoms with E-state index in [4.69, 9.17) is 5.73 Å². The van der Waals surface area contributed by atoms with Crippen LogP contribution >= 0.6 is 27.3 Å². The number of nitrogens with two attached hydrogens (primary N) is 1. The maximum Gasteiger partial charge on any atom is 0.243 e. The molecular weight excluding hydrogens is 372 g/mol. The lowest BCUT2D eigenvalue weighted by atomic mass is 10.1. The Kier molecular flexibility index (Phi) is 5.08. The summed E-state index contributed by atoms with van der Waals surface area (Å²) in [7, 11) is -1.95. The van der Waals surface area contributed by atoms with Crippen LogP contribution in [0.15, 0.2) is 39.0 Å². The number of aryl methyl sites for hydroxylation is 1. The molecule has 7 heteroatoms. The fraction of sp³-hybridized carbons (Fsp3) is 0.286. The van der Waals surface area contributed by atoms with Crippen molar-refractivity contribution in [2.24, 2.45) is 0 Å². The van der Waals surface area contributed by atoms with Crippen LogP contribution in [-0.2, 0) is 23.0 Å². The SMILES string of the molecule is CCc1ccc(S(=O)(=O)N(C)Cc2cc(Br)cs2)cc1N. The zero-order valence-electron chi connectivity index (χ0n) is 11.8. The molecule has 2 aromatic rings. The molecule has 21 heavy (non-hydrogen) atoms. The summed E-state index contributed by atoms with van der Waals surface area (Å²) in [6.07, 6.45) is 0.783. The van der Waals surface area contributed by atoms with Crippen molar-refractivity contribution < 1.29 is 8.42 Å². The summed E-state index contributed by atoms with van der Waals surface area (Å²) in [6.45, 7) is 2.33. The summed E-state index contributed by atoms with van der Waals surface area (Å²) < 4.78 is 27.4. The zero-order valence-corrected chi connectivity index (χ0v) is 15.1. The predicted octanol–water partition coefficient (Wildman–Crippen LogP) is 3.48. The first-order chi connectivity index (χ1) is 9.84. The van der Waals surface area contributed by atoms with E-state index in [1.165, 1.54) is 21.7 Å². The molecule has 0 aliphatic rings. The Morgan fingerprint density at radius 2 is 2.05 bits per heavy atom. The Morgan fingerprint density at radius 1 is 1.33 bits per heavy atom. The Hall–Kier alpha value is -0.890. The fourth-order valence-electron chi connectivity index (χ4n) is 1.98. The first-order valence-electron chi connectivity index (χ1n) is 6.42. The third-order valence-electron chi connectivity index (χ3n) is 3.21. The van der Waals surface area contributed by atoms with Gasteiger partial charge in [0.2, 0.25) is 10.0 Å². The van der Waals surface area contributed by atoms with E-state index in [0.29, 0.717) is 12.2 Å². The summed E-state index contributed by atoms with van der Waals surface area (Å²) >= 11 is 4.89. The molecule has 1 heterocycles. The first-order valence-corrected chi connectivity index (χ1v) is 9.53. The molecule has 0 radical (unpaired) electrons. The zero-order chi connectivity index (χ0) is 15.6. The van der Waals surface area contributed by atoms with Crippen LogP contribution in [0.25, 0.3) is 0 Å². The smallest absolute Gasteiger partial charge is 0.243 e. The summed E-state index contributed by atoms with van der Waals surface area (Å²) in [6, 6.07) is 6.85. The third-order valence-corrected chi connectivity index (χ3v) is 6.69. The highest BCUT2D eigenvalue weighted by Crippen LogP contribution is 2.25. The highest BCUT2D eigenvalue weighted by molar-refractivity contribution is 9.10. The molecule has 114 valence electrons. The van der Waals surface area contributed by atoms with Gasteiger partial charge < -0.3 is 5.73 Å². The molecule has 0 spiro atoms. The maximum absolute atomic E-state index is 12.6. The van der Waals surface area contributed by atoms with Crippen LogP contribution in [0.3, 0.4) is 0 Å². The molecule has 0 unspecified atom stereocenters. The van der Waals surface area contributed by atoms with E-state index in [1.54, 1.807) is 19.2 Å². The number of rotatable bonds is 5. The average molecular weight is 389 g/mol. The molecule has 2 rings (SSSR count). The summed E-state index contributed by atoms with van der Waals surface area (Å²) in [5.41, 5.74) is 7.37. The second kappa shape index (κ2) is 6.48. The number of hydrogen-bond acceptors (Lipinski definition) is 4. The van der Waals surface area contributed by atoms with Crippen molar-refractivity contribution in [3.05, 3.63) is 44.6 Å². The maximum atomic E-state index is 12.6. The number of halogens is 1. The topological polar surface area (TPSA) is 63.4 Å². The number of sulfonamides is 1. The van der Waals surface area contributed by atoms with Crippen molar-refractivity contribution in [2.75, 3.05) is 12.8 Å². The molecule has 0 saturated heterocycles. The molecular formula is C14H17BrN2O2S2. The summed E-state index contributed by atoms with van der Waals surface area (Å²) in [5, 5.41) is 1.93. The Morgan fingerprint density at radius 3 is 2.57 bits per heavy atom. The Labute approximate surface area is 137 Å². The molecule has 0 atom stereocenters. The number of hydrogen-bond donors (Lipinski definition) is 1. The molecule has 0 bridgehead atoms. The molecule has 0 amide bonds. The van der Waals surface area contributed by atoms with Crippen LogP contribution < -0.4 is 5.73 Å². The largest absolute Gasteiger partial charge is 0.398 e. The molecule has 4 nitrogen and oxygen atoms in total. The molecule has 0 fully saturated rings. The van der Waals surface area contributed by atoms with Gasteiger partial charge in [-0.3, -0.25) is 0 Å². The molecule has 0 aliphatic heterocycles. The van der Waals surface area contributed by atoms with Gasteiger partial charge >= 0.3 is 0 Å². The summed E-state index contributed by atoms with van der Waals surface area (Å²) in [5.74, 6) is 0. The molecule has 0 aliphatic carbocycles. The van der Waals surface area contributed by atoms with Gasteiger partial charge in [-0.25, -0.2) is 8.42 Å². The van der Waals surface area contributed by atoms with Gasteiger partial charge in [0, 0.05) is 34.0 Å². The number of nitrogen functional groups attached to an aromatic ring is 1. The van der Waals surface area contributed by atoms with Gasteiger partial charge in [0.25, 0.3) is 0 Å². The lowest BCUT2D eigenvalue weighted by Gasteiger charge is -2.17. The van der Waals surface area contributed by atoms with Crippen molar-refractivity contribution in [2.45, 2.75) is 24.8 Å². The van der Waals surface area contributed by atoms with Crippen LogP contribution in [-0.4, -0.2) is 19.8 Å². The minimum atomic E-state index is -3.53. The number of anilines is 1. The third kappa shape index (κ3) is 3.66. The normalized spacial score (nSPS) is 12.0. The van der Waals surface area contributed by atoms with Gasteiger partial charge in [0.15, 0.2) is 0 Å². The van der Waals surface area contributed by atoms with Gasteiger partial charge in [0.05, 0.1) is 4.90 Å². The number of nitrogens with zero attached hydrogens (tertiary/aromatic N) is 1. The number of thiophene rings is 1. The summed E-state index contributed by atoms with van der Waals surface area (Å²) in [4.78, 5) is 1.21. The van der Waals surface area contributed by atoms with Gasteiger partial charge in [0.1, 0.15) is 0 Å². The highest BCUT2D eigenvalue weighted by atomic mass is 79.9. The molecule has 1 aromatic heterocycles. The fourth-order valence-corrected chi connectivity index (χ4v) is 4.75. The Bertz CT molecular complexity index is 741. The van der Waals surface area contributed by atoms with E-state index >= 15 is 0 Å². The van der Waals surface area contributed by atoms with E-state index in [0.717, 1.165) is 21.3 Å². The van der Waals surface area contributed by atoms with Crippen molar-refractivity contribution in [1.29, 1.82) is 0 Å². The van der Waals surface area contributed by atoms with E-state index in [-0.39, 0.29) is 4.90 Å². The Balaban J connectivity index is 2.26. The molecule has 1 aromatic carbocycles. The van der Waals surface area contributed by atoms with E-state index in [1.807, 2.05) is 18.4 Å². The van der Waals surface area contributed by atoms with Crippen molar-refractivity contribution in [3.8, 4) is 0 Å². The molecule has 0 saturated carbocycles. The standard InChI is InChI=1S/C14H17BrN2O2S2/c1-3-10-4-5-13(7-14(10)16)21(18,19)17(2)8-12-6-11(15)9-20-12/h4-7,9H,3,8,16H2,1-2H3. The monoisotopic (exact) mass is 388 g/mol. The lowest BCUT2D eigenvalue weighted by Crippen LogP contribution is -2.26. The quantitative estimate of drug-likeness (QED) is 0.797. The van der Waals surface area contributed by atoms with Crippen molar-refractivity contribution in [3.63, 3.8) is 0 Å². The highest BCUT2D eigenvalue weighted by Gasteiger charge is 2.22. The minimum absolute atomic E-state index is 0.232. The van der Waals surface area contributed by atoms with Gasteiger partial charge in [-0.05, 0) is 46.1 Å². The van der Waals surface area contributed by atoms with Crippen LogP contribution in [0.4, 0.5) is 5.69 Å². The van der Waals surface area contributed by atoms with Crippen LogP contribution in [0, 0.1) is 0 Å². The van der Waals surface area contributed by atoms with Crippen molar-refractivity contribution >= 4 is 43.0 Å². The van der Waals surface area contributed by atoms with E-state index < -0.39 is 10.0 Å². The average Bonchev–Trinajstić information content (AvgIpc) is 2.83. The number of benzene rings is 1. The molecule has 2 N–H and O–H groups in total. The van der Waals surface area contributed by atoms with Crippen LogP contribution in [0.1, 0.15) is 17.4 Å². The van der Waals surface area contributed by atoms with Crippen LogP contribution in [0.5, 0.6) is 0 Å². The van der Waals surface area contributed by atoms with Crippen molar-refractivity contribution in [1.82, 2.24) is 4.31 Å². The van der Waals surface area contributed by atoms with E-state index in [9.17, 15) is 8.42 Å². The second-order valence-corrected chi connectivity index (χ2v) is 8.66. The van der Waals surface area contributed by atoms with Gasteiger partial charge in [-0.2, -0.15) is 4.31 Å². The lowest BCUT2D eigenvalue weighted by molar-refractivity contribution is 0.469. The predicted molar refractivity (Wildman–Crippen MR) is 90.9 cm³/mol. The second-order valence-electron chi connectivity index (χ2n) is 4.71. The van der Waals surface area contributed by atoms with E-state index in [2.05, 4.69) is 15.9 Å². The minimum Gasteiger partial charge on any atom is -0.398 e. The van der Waals surface area contributed by atoms with Gasteiger partial charge in [-0.15, -0.1) is 11.3 Å². The van der Waals surface area contributed by atoms with Crippen LogP contribution in [0.2, 0.25) is 0 Å².